The van der Waals surface area contributed by atoms with E-state index in [1.165, 1.54) is 0 Å². The molecule has 2 heterocycles. The van der Waals surface area contributed by atoms with E-state index in [9.17, 15) is 24.0 Å². The Bertz CT molecular complexity index is 1910. The van der Waals surface area contributed by atoms with Crippen LogP contribution in [-0.4, -0.2) is 66.2 Å². The molecule has 276 valence electrons. The number of nitrogens with one attached hydrogen (secondary N) is 4. The third-order valence-electron chi connectivity index (χ3n) is 9.14. The molecule has 0 saturated heterocycles. The number of fused-ring (bicyclic) bond motifs is 1. The number of unbranched alkanes of at least 4 members (excludes halogenated alkanes) is 3. The Kier molecular flexibility index (Phi) is 12.5. The summed E-state index contributed by atoms with van der Waals surface area (Å²) in [7, 11) is 0. The molecule has 1 atom stereocenters. The molecule has 53 heavy (non-hydrogen) atoms. The number of amides is 5. The highest BCUT2D eigenvalue weighted by Crippen LogP contribution is 2.33. The van der Waals surface area contributed by atoms with Gasteiger partial charge in [-0.2, -0.15) is 11.3 Å². The molecule has 1 aromatic heterocycles. The first-order chi connectivity index (χ1) is 25.7. The largest absolute Gasteiger partial charge is 0.482 e. The first kappa shape index (κ1) is 37.2. The molecular formula is C40H44N6O6S. The predicted octanol–water partition coefficient (Wildman–Crippen LogP) is 5.11. The Balaban J connectivity index is 0.889. The van der Waals surface area contributed by atoms with Gasteiger partial charge in [-0.05, 0) is 115 Å². The SMILES string of the molecule is N[C@H](Cc1ccsc1)C(=O)NCCCCCCNC(=O)c1ccc(NC(=O)c2ccc(CN(C(=O)c3ccc4c(c3)OCC(=O)N4)C3CC3)cc2)cc1. The van der Waals surface area contributed by atoms with Crippen molar-refractivity contribution in [3.63, 3.8) is 0 Å². The molecule has 12 nitrogen and oxygen atoms in total. The van der Waals surface area contributed by atoms with Crippen molar-refractivity contribution in [1.29, 1.82) is 0 Å². The molecule has 0 radical (unpaired) electrons. The molecule has 1 aliphatic heterocycles. The lowest BCUT2D eigenvalue weighted by atomic mass is 10.1. The summed E-state index contributed by atoms with van der Waals surface area (Å²) in [5, 5.41) is 15.4. The summed E-state index contributed by atoms with van der Waals surface area (Å²) in [5.74, 6) is -0.470. The molecule has 0 unspecified atom stereocenters. The number of ether oxygens (including phenoxy) is 1. The maximum Gasteiger partial charge on any atom is 0.262 e. The van der Waals surface area contributed by atoms with E-state index in [1.54, 1.807) is 65.9 Å². The molecule has 6 N–H and O–H groups in total. The van der Waals surface area contributed by atoms with Crippen LogP contribution in [0.1, 0.15) is 80.7 Å². The van der Waals surface area contributed by atoms with Crippen LogP contribution in [0.15, 0.2) is 83.6 Å². The number of rotatable bonds is 17. The predicted molar refractivity (Wildman–Crippen MR) is 204 cm³/mol. The van der Waals surface area contributed by atoms with Crippen molar-refractivity contribution in [3.05, 3.63) is 111 Å². The molecule has 4 aromatic rings. The lowest BCUT2D eigenvalue weighted by Crippen LogP contribution is -2.42. The van der Waals surface area contributed by atoms with Crippen molar-refractivity contribution in [3.8, 4) is 5.75 Å². The van der Waals surface area contributed by atoms with Crippen molar-refractivity contribution in [1.82, 2.24) is 15.5 Å². The van der Waals surface area contributed by atoms with Crippen LogP contribution >= 0.6 is 11.3 Å². The van der Waals surface area contributed by atoms with E-state index < -0.39 is 6.04 Å². The fourth-order valence-corrected chi connectivity index (χ4v) is 6.68. The van der Waals surface area contributed by atoms with E-state index >= 15 is 0 Å². The van der Waals surface area contributed by atoms with E-state index in [0.29, 0.717) is 59.9 Å². The van der Waals surface area contributed by atoms with Gasteiger partial charge in [0.1, 0.15) is 5.75 Å². The van der Waals surface area contributed by atoms with Crippen LogP contribution in [-0.2, 0) is 22.6 Å². The second-order valence-electron chi connectivity index (χ2n) is 13.3. The molecule has 1 aliphatic carbocycles. The first-order valence-corrected chi connectivity index (χ1v) is 18.9. The molecule has 1 fully saturated rings. The molecule has 2 aliphatic rings. The van der Waals surface area contributed by atoms with E-state index in [2.05, 4.69) is 21.3 Å². The van der Waals surface area contributed by atoms with Gasteiger partial charge >= 0.3 is 0 Å². The van der Waals surface area contributed by atoms with Gasteiger partial charge < -0.3 is 36.6 Å². The van der Waals surface area contributed by atoms with Gasteiger partial charge in [0.25, 0.3) is 23.6 Å². The normalized spacial score (nSPS) is 13.9. The zero-order chi connectivity index (χ0) is 37.2. The second-order valence-corrected chi connectivity index (χ2v) is 14.1. The molecule has 3 aromatic carbocycles. The van der Waals surface area contributed by atoms with Crippen LogP contribution < -0.4 is 31.7 Å². The smallest absolute Gasteiger partial charge is 0.262 e. The number of hydrogen-bond donors (Lipinski definition) is 5. The number of benzene rings is 3. The molecular weight excluding hydrogens is 693 g/mol. The van der Waals surface area contributed by atoms with Gasteiger partial charge in [-0.15, -0.1) is 0 Å². The maximum absolute atomic E-state index is 13.5. The van der Waals surface area contributed by atoms with Gasteiger partial charge in [0.2, 0.25) is 5.91 Å². The van der Waals surface area contributed by atoms with Crippen LogP contribution in [0.3, 0.4) is 0 Å². The van der Waals surface area contributed by atoms with Gasteiger partial charge in [0.15, 0.2) is 6.61 Å². The summed E-state index contributed by atoms with van der Waals surface area (Å²) >= 11 is 1.59. The Morgan fingerprint density at radius 1 is 0.830 bits per heavy atom. The standard InChI is InChI=1S/C40H44N6O6S/c41-33(21-27-17-20-53-25-27)39(50)43-19-4-2-1-3-18-42-37(48)28-9-12-31(13-10-28)44-38(49)29-7-5-26(6-8-29)23-46(32-14-15-32)40(51)30-11-16-34-35(22-30)52-24-36(47)45-34/h5-13,16-17,20,22,25,32-33H,1-4,14-15,18-19,21,23-24,41H2,(H,42,48)(H,43,50)(H,44,49)(H,45,47)/t33-/m1/s1. The minimum atomic E-state index is -0.545. The average molecular weight is 737 g/mol. The lowest BCUT2D eigenvalue weighted by molar-refractivity contribution is -0.122. The molecule has 13 heteroatoms. The van der Waals surface area contributed by atoms with E-state index in [4.69, 9.17) is 10.5 Å². The average Bonchev–Trinajstić information content (AvgIpc) is 3.89. The van der Waals surface area contributed by atoms with Crippen LogP contribution in [0.25, 0.3) is 0 Å². The fourth-order valence-electron chi connectivity index (χ4n) is 6.00. The van der Waals surface area contributed by atoms with Crippen LogP contribution in [0.5, 0.6) is 5.75 Å². The third kappa shape index (κ3) is 10.5. The Labute approximate surface area is 312 Å². The molecule has 1 saturated carbocycles. The number of hydrogen-bond acceptors (Lipinski definition) is 8. The molecule has 5 amide bonds. The number of nitrogens with zero attached hydrogens (tertiary/aromatic N) is 1. The molecule has 6 rings (SSSR count). The summed E-state index contributed by atoms with van der Waals surface area (Å²) in [6.07, 6.45) is 5.93. The summed E-state index contributed by atoms with van der Waals surface area (Å²) in [6.45, 7) is 1.44. The van der Waals surface area contributed by atoms with Crippen molar-refractivity contribution in [2.75, 3.05) is 30.3 Å². The second kappa shape index (κ2) is 17.8. The fraction of sp³-hybridized carbons (Fsp3) is 0.325. The van der Waals surface area contributed by atoms with Gasteiger partial charge in [-0.1, -0.05) is 25.0 Å². The van der Waals surface area contributed by atoms with Gasteiger partial charge in [-0.3, -0.25) is 24.0 Å². The quantitative estimate of drug-likeness (QED) is 0.0938. The van der Waals surface area contributed by atoms with Crippen LogP contribution in [0, 0.1) is 0 Å². The highest BCUT2D eigenvalue weighted by Gasteiger charge is 2.33. The van der Waals surface area contributed by atoms with E-state index in [-0.39, 0.29) is 42.2 Å². The van der Waals surface area contributed by atoms with Crippen molar-refractivity contribution < 1.29 is 28.7 Å². The van der Waals surface area contributed by atoms with Gasteiger partial charge in [0, 0.05) is 48.1 Å². The number of nitrogens with two attached hydrogens (primary N) is 1. The van der Waals surface area contributed by atoms with Gasteiger partial charge in [-0.25, -0.2) is 0 Å². The number of carbonyl (C=O) groups excluding carboxylic acids is 5. The van der Waals surface area contributed by atoms with Crippen molar-refractivity contribution in [2.24, 2.45) is 5.73 Å². The Morgan fingerprint density at radius 2 is 1.51 bits per heavy atom. The van der Waals surface area contributed by atoms with Gasteiger partial charge in [0.05, 0.1) is 11.7 Å². The minimum Gasteiger partial charge on any atom is -0.482 e. The highest BCUT2D eigenvalue weighted by molar-refractivity contribution is 7.07. The summed E-state index contributed by atoms with van der Waals surface area (Å²) in [6, 6.07) is 20.5. The van der Waals surface area contributed by atoms with Crippen LogP contribution in [0.4, 0.5) is 11.4 Å². The highest BCUT2D eigenvalue weighted by atomic mass is 32.1. The summed E-state index contributed by atoms with van der Waals surface area (Å²) in [5.41, 5.74) is 10.5. The Hall–Kier alpha value is -5.53. The Morgan fingerprint density at radius 3 is 2.21 bits per heavy atom. The van der Waals surface area contributed by atoms with E-state index in [0.717, 1.165) is 49.7 Å². The summed E-state index contributed by atoms with van der Waals surface area (Å²) < 4.78 is 5.49. The summed E-state index contributed by atoms with van der Waals surface area (Å²) in [4.78, 5) is 64.7. The number of carbonyl (C=O) groups is 5. The maximum atomic E-state index is 13.5. The minimum absolute atomic E-state index is 0.0827. The van der Waals surface area contributed by atoms with Crippen molar-refractivity contribution in [2.45, 2.75) is 63.6 Å². The van der Waals surface area contributed by atoms with Crippen LogP contribution in [0.2, 0.25) is 0 Å². The topological polar surface area (TPSA) is 172 Å². The monoisotopic (exact) mass is 736 g/mol. The zero-order valence-corrected chi connectivity index (χ0v) is 30.2. The van der Waals surface area contributed by atoms with Crippen molar-refractivity contribution >= 4 is 52.2 Å². The lowest BCUT2D eigenvalue weighted by Gasteiger charge is -2.24. The number of anilines is 2. The number of thiophene rings is 1. The third-order valence-corrected chi connectivity index (χ3v) is 9.88. The zero-order valence-electron chi connectivity index (χ0n) is 29.4. The van der Waals surface area contributed by atoms with E-state index in [1.807, 2.05) is 33.9 Å². The molecule has 0 spiro atoms. The first-order valence-electron chi connectivity index (χ1n) is 17.9. The molecule has 0 bridgehead atoms.